The van der Waals surface area contributed by atoms with E-state index in [1.54, 1.807) is 12.3 Å². The summed E-state index contributed by atoms with van der Waals surface area (Å²) in [6.45, 7) is 4.27. The molecule has 2 aromatic rings. The van der Waals surface area contributed by atoms with Crippen molar-refractivity contribution in [2.45, 2.75) is 25.3 Å². The lowest BCUT2D eigenvalue weighted by atomic mass is 10.2. The van der Waals surface area contributed by atoms with E-state index in [2.05, 4.69) is 10.2 Å². The van der Waals surface area contributed by atoms with E-state index in [0.717, 1.165) is 11.3 Å². The summed E-state index contributed by atoms with van der Waals surface area (Å²) in [5.41, 5.74) is 2.11. The first-order valence-corrected chi connectivity index (χ1v) is 9.25. The molecule has 0 radical (unpaired) electrons. The molecule has 0 spiro atoms. The van der Waals surface area contributed by atoms with Crippen molar-refractivity contribution in [1.82, 2.24) is 14.5 Å². The summed E-state index contributed by atoms with van der Waals surface area (Å²) in [5.74, 6) is 0.357. The van der Waals surface area contributed by atoms with Crippen LogP contribution in [0, 0.1) is 6.92 Å². The van der Waals surface area contributed by atoms with E-state index in [0.29, 0.717) is 24.6 Å². The van der Waals surface area contributed by atoms with Gasteiger partial charge in [-0.15, -0.1) is 0 Å². The van der Waals surface area contributed by atoms with Crippen LogP contribution in [0.25, 0.3) is 0 Å². The molecule has 1 aliphatic rings. The first kappa shape index (κ1) is 17.4. The molecule has 3 rings (SSSR count). The van der Waals surface area contributed by atoms with Gasteiger partial charge in [0.15, 0.2) is 0 Å². The molecule has 1 aliphatic heterocycles. The number of aryl methyl sites for hydroxylation is 1. The highest BCUT2D eigenvalue weighted by atomic mass is 32.2. The van der Waals surface area contributed by atoms with E-state index in [-0.39, 0.29) is 17.3 Å². The molecule has 25 heavy (non-hydrogen) atoms. The van der Waals surface area contributed by atoms with Crippen LogP contribution in [0.1, 0.15) is 18.2 Å². The monoisotopic (exact) mass is 364 g/mol. The lowest BCUT2D eigenvalue weighted by Gasteiger charge is -2.29. The summed E-state index contributed by atoms with van der Waals surface area (Å²) in [5, 5.41) is 6.70. The van der Waals surface area contributed by atoms with E-state index in [9.17, 15) is 13.2 Å². The number of anilines is 1. The first-order chi connectivity index (χ1) is 11.8. The fourth-order valence-electron chi connectivity index (χ4n) is 2.72. The summed E-state index contributed by atoms with van der Waals surface area (Å²) in [7, 11) is -2.20. The quantitative estimate of drug-likeness (QED) is 0.882. The lowest BCUT2D eigenvalue weighted by Crippen LogP contribution is -2.36. The van der Waals surface area contributed by atoms with Gasteiger partial charge in [-0.2, -0.15) is 9.40 Å². The van der Waals surface area contributed by atoms with Gasteiger partial charge in [0.2, 0.25) is 15.9 Å². The number of aromatic amines is 1. The van der Waals surface area contributed by atoms with Gasteiger partial charge in [0.1, 0.15) is 12.4 Å². The number of fused-ring (bicyclic) bond motifs is 1. The minimum atomic E-state index is -3.72. The summed E-state index contributed by atoms with van der Waals surface area (Å²) in [6.07, 6.45) is 1.61. The third-order valence-corrected chi connectivity index (χ3v) is 6.01. The smallest absolute Gasteiger partial charge is 0.243 e. The van der Waals surface area contributed by atoms with Crippen LogP contribution in [0.5, 0.6) is 5.75 Å². The minimum absolute atomic E-state index is 0.117. The predicted octanol–water partition coefficient (Wildman–Crippen LogP) is 1.28. The molecule has 1 amide bonds. The first-order valence-electron chi connectivity index (χ1n) is 7.81. The number of carbonyl (C=O) groups is 1. The maximum Gasteiger partial charge on any atom is 0.243 e. The van der Waals surface area contributed by atoms with E-state index in [4.69, 9.17) is 4.74 Å². The second kappa shape index (κ2) is 6.49. The standard InChI is InChI=1S/C16H20N4O4S/c1-11-13(9-17-18-11)10-19(3)25(22,23)14-4-5-16-15(8-14)20(12(2)21)6-7-24-16/h4-5,8-9H,6-7,10H2,1-3H3,(H,17,18). The number of rotatable bonds is 4. The molecule has 0 saturated carbocycles. The van der Waals surface area contributed by atoms with Crippen LogP contribution in [0.4, 0.5) is 5.69 Å². The van der Waals surface area contributed by atoms with E-state index < -0.39 is 10.0 Å². The molecule has 8 nitrogen and oxygen atoms in total. The van der Waals surface area contributed by atoms with Crippen LogP contribution in [-0.2, 0) is 21.4 Å². The number of nitrogens with zero attached hydrogens (tertiary/aromatic N) is 3. The van der Waals surface area contributed by atoms with Gasteiger partial charge in [0, 0.05) is 31.8 Å². The summed E-state index contributed by atoms with van der Waals surface area (Å²) in [4.78, 5) is 13.4. The van der Waals surface area contributed by atoms with Gasteiger partial charge in [-0.3, -0.25) is 9.89 Å². The summed E-state index contributed by atoms with van der Waals surface area (Å²) in [6, 6.07) is 4.58. The molecular weight excluding hydrogens is 344 g/mol. The number of nitrogens with one attached hydrogen (secondary N) is 1. The highest BCUT2D eigenvalue weighted by Gasteiger charge is 2.27. The molecule has 0 fully saturated rings. The second-order valence-electron chi connectivity index (χ2n) is 5.93. The highest BCUT2D eigenvalue weighted by Crippen LogP contribution is 2.34. The molecule has 1 aromatic heterocycles. The van der Waals surface area contributed by atoms with Crippen molar-refractivity contribution >= 4 is 21.6 Å². The minimum Gasteiger partial charge on any atom is -0.490 e. The Morgan fingerprint density at radius 1 is 1.44 bits per heavy atom. The number of H-pyrrole nitrogens is 1. The average Bonchev–Trinajstić information content (AvgIpc) is 2.98. The molecule has 0 unspecified atom stereocenters. The zero-order valence-electron chi connectivity index (χ0n) is 14.3. The average molecular weight is 364 g/mol. The molecular formula is C16H20N4O4S. The van der Waals surface area contributed by atoms with Crippen LogP contribution in [0.2, 0.25) is 0 Å². The maximum absolute atomic E-state index is 12.9. The van der Waals surface area contributed by atoms with E-state index in [1.807, 2.05) is 6.92 Å². The second-order valence-corrected chi connectivity index (χ2v) is 7.97. The molecule has 0 atom stereocenters. The Hall–Kier alpha value is -2.39. The Morgan fingerprint density at radius 3 is 2.84 bits per heavy atom. The van der Waals surface area contributed by atoms with Crippen LogP contribution >= 0.6 is 0 Å². The Labute approximate surface area is 146 Å². The molecule has 0 aliphatic carbocycles. The third kappa shape index (κ3) is 3.24. The van der Waals surface area contributed by atoms with Crippen LogP contribution in [0.15, 0.2) is 29.3 Å². The zero-order chi connectivity index (χ0) is 18.2. The number of hydrogen-bond donors (Lipinski definition) is 1. The lowest BCUT2D eigenvalue weighted by molar-refractivity contribution is -0.116. The van der Waals surface area contributed by atoms with Crippen molar-refractivity contribution < 1.29 is 17.9 Å². The maximum atomic E-state index is 12.9. The number of hydrogen-bond acceptors (Lipinski definition) is 5. The van der Waals surface area contributed by atoms with Crippen molar-refractivity contribution in [3.8, 4) is 5.75 Å². The number of sulfonamides is 1. The van der Waals surface area contributed by atoms with Gasteiger partial charge in [-0.05, 0) is 25.1 Å². The summed E-state index contributed by atoms with van der Waals surface area (Å²) < 4.78 is 32.5. The zero-order valence-corrected chi connectivity index (χ0v) is 15.1. The number of aromatic nitrogens is 2. The van der Waals surface area contributed by atoms with Crippen molar-refractivity contribution in [2.75, 3.05) is 25.1 Å². The molecule has 2 heterocycles. The van der Waals surface area contributed by atoms with Gasteiger partial charge in [-0.25, -0.2) is 8.42 Å². The Kier molecular flexibility index (Phi) is 4.53. The van der Waals surface area contributed by atoms with Gasteiger partial charge >= 0.3 is 0 Å². The van der Waals surface area contributed by atoms with Gasteiger partial charge in [-0.1, -0.05) is 0 Å². The number of ether oxygens (including phenoxy) is 1. The van der Waals surface area contributed by atoms with Gasteiger partial charge in [0.05, 0.1) is 23.3 Å². The fourth-order valence-corrected chi connectivity index (χ4v) is 3.89. The predicted molar refractivity (Wildman–Crippen MR) is 91.9 cm³/mol. The largest absolute Gasteiger partial charge is 0.490 e. The number of benzene rings is 1. The Morgan fingerprint density at radius 2 is 2.20 bits per heavy atom. The third-order valence-electron chi connectivity index (χ3n) is 4.21. The SMILES string of the molecule is CC(=O)N1CCOc2ccc(S(=O)(=O)N(C)Cc3cn[nH]c3C)cc21. The normalized spacial score (nSPS) is 14.3. The van der Waals surface area contributed by atoms with Gasteiger partial charge in [0.25, 0.3) is 0 Å². The number of amides is 1. The molecule has 1 aromatic carbocycles. The van der Waals surface area contributed by atoms with Crippen molar-refractivity contribution in [2.24, 2.45) is 0 Å². The van der Waals surface area contributed by atoms with Crippen molar-refractivity contribution in [3.05, 3.63) is 35.7 Å². The van der Waals surface area contributed by atoms with Crippen LogP contribution in [0.3, 0.4) is 0 Å². The van der Waals surface area contributed by atoms with E-state index >= 15 is 0 Å². The van der Waals surface area contributed by atoms with E-state index in [1.165, 1.54) is 35.3 Å². The van der Waals surface area contributed by atoms with Crippen LogP contribution < -0.4 is 9.64 Å². The Bertz CT molecular complexity index is 907. The molecule has 1 N–H and O–H groups in total. The highest BCUT2D eigenvalue weighted by molar-refractivity contribution is 7.89. The van der Waals surface area contributed by atoms with Crippen molar-refractivity contribution in [1.29, 1.82) is 0 Å². The fraction of sp³-hybridized carbons (Fsp3) is 0.375. The van der Waals surface area contributed by atoms with Gasteiger partial charge < -0.3 is 9.64 Å². The van der Waals surface area contributed by atoms with Crippen LogP contribution in [-0.4, -0.2) is 49.0 Å². The number of carbonyl (C=O) groups excluding carboxylic acids is 1. The molecule has 0 bridgehead atoms. The molecule has 134 valence electrons. The molecule has 9 heteroatoms. The summed E-state index contributed by atoms with van der Waals surface area (Å²) >= 11 is 0. The molecule has 0 saturated heterocycles. The Balaban J connectivity index is 1.94. The topological polar surface area (TPSA) is 95.6 Å². The van der Waals surface area contributed by atoms with Crippen molar-refractivity contribution in [3.63, 3.8) is 0 Å².